The quantitative estimate of drug-likeness (QED) is 0.0660. The third-order valence-electron chi connectivity index (χ3n) is 11.1. The summed E-state index contributed by atoms with van der Waals surface area (Å²) in [6.45, 7) is 0. The fourth-order valence-electron chi connectivity index (χ4n) is 7.67. The Morgan fingerprint density at radius 2 is 0.538 bits per heavy atom. The fourth-order valence-corrected chi connectivity index (χ4v) is 7.67. The van der Waals surface area contributed by atoms with Crippen LogP contribution in [0.15, 0.2) is 30.3 Å². The predicted molar refractivity (Wildman–Crippen MR) is 227 cm³/mol. The Morgan fingerprint density at radius 1 is 0.327 bits per heavy atom. The van der Waals surface area contributed by atoms with Gasteiger partial charge in [0.05, 0.1) is 0 Å². The number of nitrogens with one attached hydrogen (secondary N) is 1. The number of carboxylic acid groups (broad SMARTS) is 1. The zero-order chi connectivity index (χ0) is 37.3. The minimum Gasteiger partial charge on any atom is -0.481 e. The number of carboxylic acids is 1. The van der Waals surface area contributed by atoms with Crippen LogP contribution in [0, 0.1) is 0 Å². The molecule has 0 bridgehead atoms. The van der Waals surface area contributed by atoms with Gasteiger partial charge >= 0.3 is 5.97 Å². The van der Waals surface area contributed by atoms with Gasteiger partial charge in [-0.05, 0) is 25.0 Å². The van der Waals surface area contributed by atoms with Gasteiger partial charge in [0, 0.05) is 18.5 Å². The lowest BCUT2D eigenvalue weighted by Gasteiger charge is -2.05. The van der Waals surface area contributed by atoms with Crippen LogP contribution in [0.4, 0.5) is 5.69 Å². The van der Waals surface area contributed by atoms with Gasteiger partial charge in [0.25, 0.3) is 0 Å². The van der Waals surface area contributed by atoms with Gasteiger partial charge in [-0.1, -0.05) is 249 Å². The van der Waals surface area contributed by atoms with E-state index in [9.17, 15) is 9.59 Å². The molecule has 0 fully saturated rings. The van der Waals surface area contributed by atoms with E-state index in [1.165, 1.54) is 225 Å². The SMILES string of the molecule is O=C(O)CCCCCCCCCCCCCCCCCCCCCCCCCCCCCCCCCCCCCCCCC(=O)Nc1ccccc1. The van der Waals surface area contributed by atoms with E-state index in [1.807, 2.05) is 30.3 Å². The standard InChI is InChI=1S/C48H87NO3/c50-47(49-46-42-38-37-39-43-46)44-40-35-33-31-29-27-25-23-21-19-17-15-13-11-9-7-5-3-1-2-4-6-8-10-12-14-16-18-20-22-24-26-28-30-32-34-36-41-45-48(51)52/h37-39,42-43H,1-36,40-41,44-45H2,(H,49,50)(H,51,52). The van der Waals surface area contributed by atoms with E-state index in [0.717, 1.165) is 24.9 Å². The van der Waals surface area contributed by atoms with Crippen LogP contribution in [0.1, 0.15) is 257 Å². The van der Waals surface area contributed by atoms with Gasteiger partial charge in [0.2, 0.25) is 5.91 Å². The summed E-state index contributed by atoms with van der Waals surface area (Å²) < 4.78 is 0. The lowest BCUT2D eigenvalue weighted by atomic mass is 10.0. The first-order valence-corrected chi connectivity index (χ1v) is 23.2. The van der Waals surface area contributed by atoms with E-state index in [-0.39, 0.29) is 5.91 Å². The van der Waals surface area contributed by atoms with Gasteiger partial charge in [-0.2, -0.15) is 0 Å². The van der Waals surface area contributed by atoms with Crippen molar-refractivity contribution in [2.75, 3.05) is 5.32 Å². The summed E-state index contributed by atoms with van der Waals surface area (Å²) in [4.78, 5) is 22.5. The topological polar surface area (TPSA) is 66.4 Å². The van der Waals surface area contributed by atoms with Crippen molar-refractivity contribution < 1.29 is 14.7 Å². The van der Waals surface area contributed by atoms with E-state index < -0.39 is 5.97 Å². The maximum absolute atomic E-state index is 12.0. The molecule has 2 N–H and O–H groups in total. The number of aliphatic carboxylic acids is 1. The molecule has 0 saturated heterocycles. The molecule has 0 radical (unpaired) electrons. The third kappa shape index (κ3) is 37.9. The summed E-state index contributed by atoms with van der Waals surface area (Å²) in [5.74, 6) is -0.505. The number of hydrogen-bond acceptors (Lipinski definition) is 2. The van der Waals surface area contributed by atoms with Crippen LogP contribution in [0.5, 0.6) is 0 Å². The molecule has 4 heteroatoms. The van der Waals surface area contributed by atoms with E-state index in [4.69, 9.17) is 5.11 Å². The second-order valence-electron chi connectivity index (χ2n) is 16.2. The molecule has 0 heterocycles. The number of hydrogen-bond donors (Lipinski definition) is 2. The smallest absolute Gasteiger partial charge is 0.303 e. The van der Waals surface area contributed by atoms with Crippen molar-refractivity contribution >= 4 is 17.6 Å². The summed E-state index contributed by atoms with van der Waals surface area (Å²) in [5, 5.41) is 11.6. The highest BCUT2D eigenvalue weighted by Crippen LogP contribution is 2.18. The van der Waals surface area contributed by atoms with E-state index in [0.29, 0.717) is 12.8 Å². The molecule has 1 aromatic rings. The van der Waals surface area contributed by atoms with Crippen molar-refractivity contribution in [3.63, 3.8) is 0 Å². The molecule has 302 valence electrons. The third-order valence-corrected chi connectivity index (χ3v) is 11.1. The molecule has 0 unspecified atom stereocenters. The van der Waals surface area contributed by atoms with Crippen molar-refractivity contribution in [2.24, 2.45) is 0 Å². The minimum absolute atomic E-state index is 0.146. The molecular weight excluding hydrogens is 639 g/mol. The van der Waals surface area contributed by atoms with Gasteiger partial charge in [0.1, 0.15) is 0 Å². The summed E-state index contributed by atoms with van der Waals surface area (Å²) >= 11 is 0. The van der Waals surface area contributed by atoms with Gasteiger partial charge in [-0.15, -0.1) is 0 Å². The zero-order valence-electron chi connectivity index (χ0n) is 34.4. The Kier molecular flexibility index (Phi) is 37.4. The van der Waals surface area contributed by atoms with Crippen LogP contribution < -0.4 is 5.32 Å². The molecule has 0 saturated carbocycles. The fraction of sp³-hybridized carbons (Fsp3) is 0.833. The molecule has 1 amide bonds. The number of unbranched alkanes of at least 4 members (excludes halogenated alkanes) is 37. The maximum atomic E-state index is 12.0. The van der Waals surface area contributed by atoms with Crippen LogP contribution in [0.2, 0.25) is 0 Å². The molecule has 0 aliphatic heterocycles. The molecule has 0 aliphatic rings. The second-order valence-corrected chi connectivity index (χ2v) is 16.2. The first-order valence-electron chi connectivity index (χ1n) is 23.2. The first-order chi connectivity index (χ1) is 25.7. The van der Waals surface area contributed by atoms with Crippen LogP contribution in [0.25, 0.3) is 0 Å². The summed E-state index contributed by atoms with van der Waals surface area (Å²) in [7, 11) is 0. The van der Waals surface area contributed by atoms with E-state index >= 15 is 0 Å². The Balaban J connectivity index is 1.62. The Labute approximate surface area is 323 Å². The number of para-hydroxylation sites is 1. The Morgan fingerprint density at radius 3 is 0.769 bits per heavy atom. The lowest BCUT2D eigenvalue weighted by Crippen LogP contribution is -2.10. The molecule has 0 atom stereocenters. The highest BCUT2D eigenvalue weighted by atomic mass is 16.4. The largest absolute Gasteiger partial charge is 0.481 e. The number of benzene rings is 1. The number of amides is 1. The summed E-state index contributed by atoms with van der Waals surface area (Å²) in [6.07, 6.45) is 53.2. The van der Waals surface area contributed by atoms with Crippen LogP contribution in [0.3, 0.4) is 0 Å². The monoisotopic (exact) mass is 726 g/mol. The molecule has 0 spiro atoms. The van der Waals surface area contributed by atoms with Crippen molar-refractivity contribution in [3.8, 4) is 0 Å². The minimum atomic E-state index is -0.651. The Bertz CT molecular complexity index is 872. The maximum Gasteiger partial charge on any atom is 0.303 e. The van der Waals surface area contributed by atoms with Gasteiger partial charge in [0.15, 0.2) is 0 Å². The van der Waals surface area contributed by atoms with Crippen LogP contribution in [-0.2, 0) is 9.59 Å². The number of carbonyl (C=O) groups is 2. The van der Waals surface area contributed by atoms with Gasteiger partial charge in [-0.3, -0.25) is 9.59 Å². The van der Waals surface area contributed by atoms with Crippen LogP contribution in [-0.4, -0.2) is 17.0 Å². The molecule has 4 nitrogen and oxygen atoms in total. The predicted octanol–water partition coefficient (Wildman–Crippen LogP) is 16.3. The second kappa shape index (κ2) is 40.3. The average molecular weight is 726 g/mol. The summed E-state index contributed by atoms with van der Waals surface area (Å²) in [5.41, 5.74) is 0.902. The normalized spacial score (nSPS) is 11.3. The molecule has 0 aliphatic carbocycles. The highest BCUT2D eigenvalue weighted by molar-refractivity contribution is 5.90. The summed E-state index contributed by atoms with van der Waals surface area (Å²) in [6, 6.07) is 9.77. The van der Waals surface area contributed by atoms with Crippen molar-refractivity contribution in [1.82, 2.24) is 0 Å². The molecule has 1 rings (SSSR count). The van der Waals surface area contributed by atoms with Gasteiger partial charge in [-0.25, -0.2) is 0 Å². The van der Waals surface area contributed by atoms with Crippen molar-refractivity contribution in [3.05, 3.63) is 30.3 Å². The number of carbonyl (C=O) groups excluding carboxylic acids is 1. The molecule has 1 aromatic carbocycles. The first kappa shape index (κ1) is 48.2. The van der Waals surface area contributed by atoms with Crippen LogP contribution >= 0.6 is 0 Å². The Hall–Kier alpha value is -1.84. The van der Waals surface area contributed by atoms with E-state index in [2.05, 4.69) is 5.32 Å². The molecule has 52 heavy (non-hydrogen) atoms. The number of rotatable bonds is 42. The molecule has 0 aromatic heterocycles. The van der Waals surface area contributed by atoms with Gasteiger partial charge < -0.3 is 10.4 Å². The zero-order valence-corrected chi connectivity index (χ0v) is 34.4. The highest BCUT2D eigenvalue weighted by Gasteiger charge is 2.02. The average Bonchev–Trinajstić information content (AvgIpc) is 3.14. The van der Waals surface area contributed by atoms with Crippen molar-refractivity contribution in [1.29, 1.82) is 0 Å². The molecular formula is C48H87NO3. The lowest BCUT2D eigenvalue weighted by molar-refractivity contribution is -0.137. The number of anilines is 1. The van der Waals surface area contributed by atoms with Crippen molar-refractivity contribution in [2.45, 2.75) is 257 Å². The van der Waals surface area contributed by atoms with E-state index in [1.54, 1.807) is 0 Å².